The first-order valence-electron chi connectivity index (χ1n) is 10.9. The molecule has 0 fully saturated rings. The number of rotatable bonds is 9. The lowest BCUT2D eigenvalue weighted by Crippen LogP contribution is -2.28. The Morgan fingerprint density at radius 3 is 2.07 bits per heavy atom. The topological polar surface area (TPSA) is 46.8 Å². The summed E-state index contributed by atoms with van der Waals surface area (Å²) in [6.45, 7) is 12.9. The van der Waals surface area contributed by atoms with Crippen LogP contribution in [0, 0.1) is 6.92 Å². The smallest absolute Gasteiger partial charge is 0.181 e. The monoisotopic (exact) mass is 391 g/mol. The van der Waals surface area contributed by atoms with Crippen molar-refractivity contribution in [1.82, 2.24) is 19.7 Å². The molecule has 3 rings (SSSR count). The van der Waals surface area contributed by atoms with Crippen LogP contribution in [0.25, 0.3) is 17.2 Å². The zero-order valence-electron chi connectivity index (χ0n) is 18.4. The lowest BCUT2D eigenvalue weighted by molar-refractivity contribution is 0.725. The summed E-state index contributed by atoms with van der Waals surface area (Å²) in [4.78, 5) is 12.5. The van der Waals surface area contributed by atoms with Crippen molar-refractivity contribution in [1.29, 1.82) is 0 Å². The van der Waals surface area contributed by atoms with Crippen molar-refractivity contribution in [3.63, 3.8) is 0 Å². The van der Waals surface area contributed by atoms with Gasteiger partial charge in [0.15, 0.2) is 11.6 Å². The summed E-state index contributed by atoms with van der Waals surface area (Å²) in [6.07, 6.45) is 7.86. The van der Waals surface area contributed by atoms with E-state index in [1.165, 1.54) is 16.7 Å². The van der Waals surface area contributed by atoms with Crippen LogP contribution >= 0.6 is 0 Å². The minimum atomic E-state index is 0.805. The normalized spacial score (nSPS) is 11.1. The first kappa shape index (κ1) is 21.0. The minimum absolute atomic E-state index is 0.805. The molecule has 0 saturated heterocycles. The van der Waals surface area contributed by atoms with E-state index in [4.69, 9.17) is 9.97 Å². The van der Waals surface area contributed by atoms with E-state index in [-0.39, 0.29) is 0 Å². The summed E-state index contributed by atoms with van der Waals surface area (Å²) >= 11 is 0. The van der Waals surface area contributed by atoms with Gasteiger partial charge >= 0.3 is 0 Å². The zero-order chi connectivity index (χ0) is 20.8. The molecule has 0 N–H and O–H groups in total. The van der Waals surface area contributed by atoms with E-state index in [2.05, 4.69) is 62.8 Å². The second-order valence-corrected chi connectivity index (χ2v) is 7.40. The zero-order valence-corrected chi connectivity index (χ0v) is 18.4. The van der Waals surface area contributed by atoms with Crippen molar-refractivity contribution in [2.24, 2.45) is 0 Å². The highest BCUT2D eigenvalue weighted by Gasteiger charge is 2.21. The number of benzene rings is 1. The molecule has 0 aliphatic rings. The Kier molecular flexibility index (Phi) is 7.02. The molecule has 0 radical (unpaired) electrons. The fourth-order valence-electron chi connectivity index (χ4n) is 3.99. The van der Waals surface area contributed by atoms with Crippen LogP contribution in [0.15, 0.2) is 36.7 Å². The van der Waals surface area contributed by atoms with Crippen LogP contribution in [0.5, 0.6) is 0 Å². The Morgan fingerprint density at radius 2 is 1.55 bits per heavy atom. The number of hydrogen-bond acceptors (Lipinski definition) is 4. The highest BCUT2D eigenvalue weighted by atomic mass is 15.3. The maximum atomic E-state index is 5.10. The molecule has 1 aromatic carbocycles. The highest BCUT2D eigenvalue weighted by Crippen LogP contribution is 2.32. The summed E-state index contributed by atoms with van der Waals surface area (Å²) in [7, 11) is 0. The van der Waals surface area contributed by atoms with Gasteiger partial charge in [0, 0.05) is 31.0 Å². The summed E-state index contributed by atoms with van der Waals surface area (Å²) in [5.74, 6) is 1.67. The molecule has 2 aromatic heterocycles. The Bertz CT molecular complexity index is 902. The molecule has 0 aliphatic carbocycles. The lowest BCUT2D eigenvalue weighted by atomic mass is 9.97. The van der Waals surface area contributed by atoms with E-state index in [9.17, 15) is 0 Å². The van der Waals surface area contributed by atoms with Crippen molar-refractivity contribution in [2.75, 3.05) is 18.0 Å². The van der Waals surface area contributed by atoms with Crippen molar-refractivity contribution >= 4 is 5.69 Å². The van der Waals surface area contributed by atoms with Gasteiger partial charge in [-0.3, -0.25) is 0 Å². The third-order valence-corrected chi connectivity index (χ3v) is 5.29. The predicted molar refractivity (Wildman–Crippen MR) is 121 cm³/mol. The van der Waals surface area contributed by atoms with Crippen LogP contribution in [-0.2, 0) is 12.8 Å². The molecule has 0 amide bonds. The molecule has 0 spiro atoms. The highest BCUT2D eigenvalue weighted by molar-refractivity contribution is 5.70. The van der Waals surface area contributed by atoms with Crippen molar-refractivity contribution < 1.29 is 0 Å². The fourth-order valence-corrected chi connectivity index (χ4v) is 3.99. The van der Waals surface area contributed by atoms with Crippen molar-refractivity contribution in [3.8, 4) is 17.2 Å². The van der Waals surface area contributed by atoms with Crippen molar-refractivity contribution in [2.45, 2.75) is 60.3 Å². The predicted octanol–water partition coefficient (Wildman–Crippen LogP) is 5.39. The van der Waals surface area contributed by atoms with Gasteiger partial charge in [0.2, 0.25) is 0 Å². The molecule has 0 aliphatic heterocycles. The minimum Gasteiger partial charge on any atom is -0.367 e. The van der Waals surface area contributed by atoms with Gasteiger partial charge in [-0.05, 0) is 49.8 Å². The molecule has 0 unspecified atom stereocenters. The van der Waals surface area contributed by atoms with E-state index in [1.807, 2.05) is 23.1 Å². The first-order chi connectivity index (χ1) is 14.1. The van der Waals surface area contributed by atoms with E-state index in [0.717, 1.165) is 61.8 Å². The van der Waals surface area contributed by atoms with Crippen molar-refractivity contribution in [3.05, 3.63) is 53.5 Å². The third-order valence-electron chi connectivity index (χ3n) is 5.29. The lowest BCUT2D eigenvalue weighted by Gasteiger charge is -2.27. The molecule has 29 heavy (non-hydrogen) atoms. The first-order valence-corrected chi connectivity index (χ1v) is 10.9. The molecule has 0 atom stereocenters. The second kappa shape index (κ2) is 9.68. The van der Waals surface area contributed by atoms with Crippen LogP contribution < -0.4 is 4.90 Å². The fraction of sp³-hybridized carbons (Fsp3) is 0.458. The summed E-state index contributed by atoms with van der Waals surface area (Å²) in [5.41, 5.74) is 5.87. The quantitative estimate of drug-likeness (QED) is 0.491. The summed E-state index contributed by atoms with van der Waals surface area (Å²) in [5, 5.41) is 4.51. The molecule has 3 aromatic rings. The van der Waals surface area contributed by atoms with Crippen LogP contribution in [0.3, 0.4) is 0 Å². The largest absolute Gasteiger partial charge is 0.367 e. The molecule has 154 valence electrons. The summed E-state index contributed by atoms with van der Waals surface area (Å²) in [6, 6.07) is 8.47. The SMILES string of the molecule is CCCN(CCC)c1c(C)nc(-c2c(CC)cccc2CC)nc1-n1cccn1. The number of aromatic nitrogens is 4. The van der Waals surface area contributed by atoms with Gasteiger partial charge in [-0.15, -0.1) is 0 Å². The molecule has 5 heteroatoms. The van der Waals surface area contributed by atoms with Crippen LogP contribution in [0.4, 0.5) is 5.69 Å². The van der Waals surface area contributed by atoms with Crippen LogP contribution in [0.2, 0.25) is 0 Å². The van der Waals surface area contributed by atoms with Crippen LogP contribution in [0.1, 0.15) is 57.4 Å². The average molecular weight is 392 g/mol. The molecule has 5 nitrogen and oxygen atoms in total. The Hall–Kier alpha value is -2.69. The van der Waals surface area contributed by atoms with Gasteiger partial charge in [0.25, 0.3) is 0 Å². The van der Waals surface area contributed by atoms with Gasteiger partial charge < -0.3 is 4.90 Å². The van der Waals surface area contributed by atoms with Gasteiger partial charge in [-0.1, -0.05) is 45.9 Å². The van der Waals surface area contributed by atoms with Gasteiger partial charge in [0.05, 0.1) is 5.69 Å². The number of nitrogens with zero attached hydrogens (tertiary/aromatic N) is 5. The third kappa shape index (κ3) is 4.34. The molecular formula is C24H33N5. The number of hydrogen-bond donors (Lipinski definition) is 0. The molecule has 0 bridgehead atoms. The van der Waals surface area contributed by atoms with E-state index in [1.54, 1.807) is 0 Å². The average Bonchev–Trinajstić information content (AvgIpc) is 3.27. The van der Waals surface area contributed by atoms with E-state index in [0.29, 0.717) is 0 Å². The second-order valence-electron chi connectivity index (χ2n) is 7.40. The van der Waals surface area contributed by atoms with Gasteiger partial charge in [0.1, 0.15) is 5.69 Å². The standard InChI is InChI=1S/C24H33N5/c1-6-15-28(16-7-2)22-18(5)26-23(27-24(22)29-17-11-14-25-29)21-19(8-3)12-10-13-20(21)9-4/h10-14,17H,6-9,15-16H2,1-5H3. The molecular weight excluding hydrogens is 358 g/mol. The van der Waals surface area contributed by atoms with Gasteiger partial charge in [-0.2, -0.15) is 5.10 Å². The Labute approximate surface area is 174 Å². The number of anilines is 1. The Balaban J connectivity index is 2.26. The van der Waals surface area contributed by atoms with Crippen LogP contribution in [-0.4, -0.2) is 32.8 Å². The molecule has 0 saturated carbocycles. The maximum Gasteiger partial charge on any atom is 0.181 e. The molecule has 2 heterocycles. The number of aryl methyl sites for hydroxylation is 3. The Morgan fingerprint density at radius 1 is 0.897 bits per heavy atom. The maximum absolute atomic E-state index is 5.10. The summed E-state index contributed by atoms with van der Waals surface area (Å²) < 4.78 is 1.88. The van der Waals surface area contributed by atoms with E-state index < -0.39 is 0 Å². The van der Waals surface area contributed by atoms with E-state index >= 15 is 0 Å². The van der Waals surface area contributed by atoms with Gasteiger partial charge in [-0.25, -0.2) is 14.6 Å².